The lowest BCUT2D eigenvalue weighted by Gasteiger charge is -2.28. The van der Waals surface area contributed by atoms with E-state index in [2.05, 4.69) is 13.8 Å². The SMILES string of the molecule is CC(C)C1CCCN1C(=O)c1ccc2c(c1)C(=O)c1ccccc1-2. The van der Waals surface area contributed by atoms with Crippen molar-refractivity contribution in [1.29, 1.82) is 0 Å². The molecule has 122 valence electrons. The van der Waals surface area contributed by atoms with Crippen molar-refractivity contribution >= 4 is 11.7 Å². The average Bonchev–Trinajstić information content (AvgIpc) is 3.19. The fraction of sp³-hybridized carbons (Fsp3) is 0.333. The fourth-order valence-corrected chi connectivity index (χ4v) is 4.06. The van der Waals surface area contributed by atoms with Crippen molar-refractivity contribution in [3.05, 3.63) is 59.2 Å². The molecule has 1 heterocycles. The van der Waals surface area contributed by atoms with E-state index in [0.717, 1.165) is 36.1 Å². The van der Waals surface area contributed by atoms with Crippen LogP contribution in [0, 0.1) is 5.92 Å². The molecule has 0 N–H and O–H groups in total. The highest BCUT2D eigenvalue weighted by Gasteiger charge is 2.33. The Morgan fingerprint density at radius 2 is 1.75 bits per heavy atom. The first-order valence-corrected chi connectivity index (χ1v) is 8.67. The number of hydrogen-bond donors (Lipinski definition) is 0. The van der Waals surface area contributed by atoms with E-state index in [4.69, 9.17) is 0 Å². The van der Waals surface area contributed by atoms with Crippen LogP contribution in [-0.2, 0) is 0 Å². The van der Waals surface area contributed by atoms with E-state index in [1.54, 1.807) is 6.07 Å². The van der Waals surface area contributed by atoms with E-state index in [-0.39, 0.29) is 11.7 Å². The molecule has 1 amide bonds. The monoisotopic (exact) mass is 319 g/mol. The van der Waals surface area contributed by atoms with Crippen LogP contribution >= 0.6 is 0 Å². The number of benzene rings is 2. The number of ketones is 1. The van der Waals surface area contributed by atoms with Gasteiger partial charge in [-0.15, -0.1) is 0 Å². The van der Waals surface area contributed by atoms with Crippen LogP contribution in [0.4, 0.5) is 0 Å². The second-order valence-corrected chi connectivity index (χ2v) is 7.09. The Hall–Kier alpha value is -2.42. The molecule has 1 atom stereocenters. The Kier molecular flexibility index (Phi) is 3.52. The lowest BCUT2D eigenvalue weighted by atomic mass is 10.00. The highest BCUT2D eigenvalue weighted by Crippen LogP contribution is 2.37. The first kappa shape index (κ1) is 15.1. The summed E-state index contributed by atoms with van der Waals surface area (Å²) < 4.78 is 0. The fourth-order valence-electron chi connectivity index (χ4n) is 4.06. The van der Waals surface area contributed by atoms with Crippen molar-refractivity contribution in [2.24, 2.45) is 5.92 Å². The summed E-state index contributed by atoms with van der Waals surface area (Å²) in [6.07, 6.45) is 2.13. The highest BCUT2D eigenvalue weighted by atomic mass is 16.2. The molecule has 3 nitrogen and oxygen atoms in total. The molecule has 0 aromatic heterocycles. The molecular weight excluding hydrogens is 298 g/mol. The van der Waals surface area contributed by atoms with Gasteiger partial charge in [0, 0.05) is 29.3 Å². The quantitative estimate of drug-likeness (QED) is 0.711. The highest BCUT2D eigenvalue weighted by molar-refractivity contribution is 6.22. The van der Waals surface area contributed by atoms with Crippen LogP contribution in [0.25, 0.3) is 11.1 Å². The number of amides is 1. The zero-order valence-corrected chi connectivity index (χ0v) is 14.1. The summed E-state index contributed by atoms with van der Waals surface area (Å²) >= 11 is 0. The normalized spacial score (nSPS) is 18.9. The molecule has 0 radical (unpaired) electrons. The molecule has 2 aliphatic rings. The molecule has 0 bridgehead atoms. The predicted molar refractivity (Wildman–Crippen MR) is 94.2 cm³/mol. The van der Waals surface area contributed by atoms with Crippen LogP contribution in [0.1, 0.15) is 53.0 Å². The third-order valence-corrected chi connectivity index (χ3v) is 5.30. The van der Waals surface area contributed by atoms with Gasteiger partial charge < -0.3 is 4.90 Å². The molecule has 1 aliphatic heterocycles. The largest absolute Gasteiger partial charge is 0.335 e. The Bertz CT molecular complexity index is 837. The molecular formula is C21H21NO2. The lowest BCUT2D eigenvalue weighted by molar-refractivity contribution is 0.0701. The zero-order chi connectivity index (χ0) is 16.8. The number of likely N-dealkylation sites (tertiary alicyclic amines) is 1. The molecule has 2 aromatic rings. The second-order valence-electron chi connectivity index (χ2n) is 7.09. The van der Waals surface area contributed by atoms with Gasteiger partial charge >= 0.3 is 0 Å². The number of carbonyl (C=O) groups is 2. The van der Waals surface area contributed by atoms with Gasteiger partial charge in [0.1, 0.15) is 0 Å². The average molecular weight is 319 g/mol. The number of hydrogen-bond acceptors (Lipinski definition) is 2. The van der Waals surface area contributed by atoms with E-state index in [9.17, 15) is 9.59 Å². The van der Waals surface area contributed by atoms with Crippen molar-refractivity contribution < 1.29 is 9.59 Å². The smallest absolute Gasteiger partial charge is 0.254 e. The minimum atomic E-state index is 0.0251. The molecule has 3 heteroatoms. The summed E-state index contributed by atoms with van der Waals surface area (Å²) in [5.41, 5.74) is 3.93. The van der Waals surface area contributed by atoms with Crippen LogP contribution in [0.5, 0.6) is 0 Å². The van der Waals surface area contributed by atoms with Gasteiger partial charge in [0.05, 0.1) is 0 Å². The molecule has 1 fully saturated rings. The summed E-state index contributed by atoms with van der Waals surface area (Å²) in [5.74, 6) is 0.534. The molecule has 1 aliphatic carbocycles. The van der Waals surface area contributed by atoms with Crippen LogP contribution in [0.2, 0.25) is 0 Å². The van der Waals surface area contributed by atoms with Crippen LogP contribution < -0.4 is 0 Å². The van der Waals surface area contributed by atoms with Gasteiger partial charge in [-0.25, -0.2) is 0 Å². The third kappa shape index (κ3) is 2.19. The summed E-state index contributed by atoms with van der Waals surface area (Å²) in [6.45, 7) is 5.14. The zero-order valence-electron chi connectivity index (χ0n) is 14.1. The Morgan fingerprint density at radius 1 is 1.04 bits per heavy atom. The van der Waals surface area contributed by atoms with Crippen LogP contribution in [0.3, 0.4) is 0 Å². The van der Waals surface area contributed by atoms with E-state index < -0.39 is 0 Å². The van der Waals surface area contributed by atoms with Crippen molar-refractivity contribution in [3.63, 3.8) is 0 Å². The van der Waals surface area contributed by atoms with E-state index in [0.29, 0.717) is 23.1 Å². The Labute approximate surface area is 142 Å². The topological polar surface area (TPSA) is 37.4 Å². The van der Waals surface area contributed by atoms with E-state index in [1.165, 1.54) is 0 Å². The summed E-state index contributed by atoms with van der Waals surface area (Å²) in [7, 11) is 0. The number of rotatable bonds is 2. The van der Waals surface area contributed by atoms with Crippen molar-refractivity contribution in [3.8, 4) is 11.1 Å². The summed E-state index contributed by atoms with van der Waals surface area (Å²) in [4.78, 5) is 27.6. The van der Waals surface area contributed by atoms with Gasteiger partial charge in [0.2, 0.25) is 0 Å². The summed E-state index contributed by atoms with van der Waals surface area (Å²) in [5, 5.41) is 0. The third-order valence-electron chi connectivity index (χ3n) is 5.30. The maximum Gasteiger partial charge on any atom is 0.254 e. The van der Waals surface area contributed by atoms with Gasteiger partial charge in [-0.05, 0) is 42.0 Å². The minimum Gasteiger partial charge on any atom is -0.335 e. The Balaban J connectivity index is 1.70. The summed E-state index contributed by atoms with van der Waals surface area (Å²) in [6, 6.07) is 13.5. The standard InChI is InChI=1S/C21H21NO2/c1-13(2)19-8-5-11-22(19)21(24)14-9-10-16-15-6-3-4-7-17(15)20(23)18(16)12-14/h3-4,6-7,9-10,12-13,19H,5,8,11H2,1-2H3. The van der Waals surface area contributed by atoms with Gasteiger partial charge in [0.15, 0.2) is 5.78 Å². The van der Waals surface area contributed by atoms with Crippen molar-refractivity contribution in [2.75, 3.05) is 6.54 Å². The van der Waals surface area contributed by atoms with E-state index in [1.807, 2.05) is 41.3 Å². The van der Waals surface area contributed by atoms with Crippen LogP contribution in [-0.4, -0.2) is 29.2 Å². The number of nitrogens with zero attached hydrogens (tertiary/aromatic N) is 1. The maximum atomic E-state index is 13.0. The first-order chi connectivity index (χ1) is 11.6. The molecule has 4 rings (SSSR count). The van der Waals surface area contributed by atoms with Crippen molar-refractivity contribution in [2.45, 2.75) is 32.7 Å². The Morgan fingerprint density at radius 3 is 2.50 bits per heavy atom. The molecule has 0 spiro atoms. The predicted octanol–water partition coefficient (Wildman–Crippen LogP) is 4.16. The molecule has 24 heavy (non-hydrogen) atoms. The van der Waals surface area contributed by atoms with Gasteiger partial charge in [0.25, 0.3) is 5.91 Å². The molecule has 1 saturated heterocycles. The molecule has 0 saturated carbocycles. The van der Waals surface area contributed by atoms with Gasteiger partial charge in [-0.2, -0.15) is 0 Å². The first-order valence-electron chi connectivity index (χ1n) is 8.67. The lowest BCUT2D eigenvalue weighted by Crippen LogP contribution is -2.38. The van der Waals surface area contributed by atoms with Crippen molar-refractivity contribution in [1.82, 2.24) is 4.90 Å². The minimum absolute atomic E-state index is 0.0251. The second kappa shape index (κ2) is 5.59. The van der Waals surface area contributed by atoms with Gasteiger partial charge in [-0.1, -0.05) is 44.2 Å². The number of carbonyl (C=O) groups excluding carboxylic acids is 2. The maximum absolute atomic E-state index is 13.0. The molecule has 1 unspecified atom stereocenters. The number of fused-ring (bicyclic) bond motifs is 3. The van der Waals surface area contributed by atoms with Gasteiger partial charge in [-0.3, -0.25) is 9.59 Å². The van der Waals surface area contributed by atoms with Crippen LogP contribution in [0.15, 0.2) is 42.5 Å². The molecule has 2 aromatic carbocycles. The van der Waals surface area contributed by atoms with E-state index >= 15 is 0 Å².